The van der Waals surface area contributed by atoms with Gasteiger partial charge in [0.1, 0.15) is 5.75 Å². The molecule has 3 rings (SSSR count). The third-order valence-corrected chi connectivity index (χ3v) is 3.84. The summed E-state index contributed by atoms with van der Waals surface area (Å²) < 4.78 is 7.36. The van der Waals surface area contributed by atoms with Gasteiger partial charge in [-0.25, -0.2) is 4.68 Å². The third-order valence-electron chi connectivity index (χ3n) is 3.84. The average molecular weight is 335 g/mol. The molecule has 5 heteroatoms. The summed E-state index contributed by atoms with van der Waals surface area (Å²) in [6.07, 6.45) is 3.72. The van der Waals surface area contributed by atoms with Gasteiger partial charge in [0.05, 0.1) is 24.1 Å². The van der Waals surface area contributed by atoms with Gasteiger partial charge >= 0.3 is 0 Å². The molecule has 25 heavy (non-hydrogen) atoms. The zero-order chi connectivity index (χ0) is 17.6. The van der Waals surface area contributed by atoms with Crippen LogP contribution in [0.5, 0.6) is 5.75 Å². The molecule has 0 aliphatic rings. The summed E-state index contributed by atoms with van der Waals surface area (Å²) in [5.74, 6) is 0.540. The topological polar surface area (TPSA) is 47.4 Å². The molecule has 0 bridgehead atoms. The molecule has 0 aliphatic heterocycles. The van der Waals surface area contributed by atoms with Gasteiger partial charge in [-0.15, -0.1) is 0 Å². The van der Waals surface area contributed by atoms with E-state index in [0.29, 0.717) is 24.5 Å². The smallest absolute Gasteiger partial charge is 0.257 e. The van der Waals surface area contributed by atoms with E-state index in [1.165, 1.54) is 0 Å². The van der Waals surface area contributed by atoms with E-state index in [2.05, 4.69) is 5.10 Å². The Balaban J connectivity index is 1.73. The Morgan fingerprint density at radius 3 is 2.60 bits per heavy atom. The van der Waals surface area contributed by atoms with Gasteiger partial charge in [-0.1, -0.05) is 30.3 Å². The van der Waals surface area contributed by atoms with Crippen molar-refractivity contribution in [3.8, 4) is 11.4 Å². The van der Waals surface area contributed by atoms with Gasteiger partial charge < -0.3 is 9.64 Å². The van der Waals surface area contributed by atoms with Crippen LogP contribution >= 0.6 is 0 Å². The Bertz CT molecular complexity index is 843. The van der Waals surface area contributed by atoms with Crippen molar-refractivity contribution >= 4 is 5.91 Å². The maximum atomic E-state index is 12.7. The average Bonchev–Trinajstić information content (AvgIpc) is 3.11. The molecule has 0 fully saturated rings. The fraction of sp³-hybridized carbons (Fsp3) is 0.200. The largest absolute Gasteiger partial charge is 0.493 e. The van der Waals surface area contributed by atoms with E-state index >= 15 is 0 Å². The Hall–Kier alpha value is -3.08. The SMILES string of the molecule is CCOc1ccccc1C(=O)N(C)Cc1cnn(-c2ccccc2)c1. The number of carbonyl (C=O) groups is 1. The fourth-order valence-corrected chi connectivity index (χ4v) is 2.64. The van der Waals surface area contributed by atoms with Crippen molar-refractivity contribution in [2.45, 2.75) is 13.5 Å². The van der Waals surface area contributed by atoms with Crippen LogP contribution < -0.4 is 4.74 Å². The molecule has 1 aromatic heterocycles. The summed E-state index contributed by atoms with van der Waals surface area (Å²) >= 11 is 0. The summed E-state index contributed by atoms with van der Waals surface area (Å²) in [6, 6.07) is 17.2. The zero-order valence-corrected chi connectivity index (χ0v) is 14.4. The molecule has 0 saturated heterocycles. The van der Waals surface area contributed by atoms with Gasteiger partial charge in [-0.2, -0.15) is 5.10 Å². The lowest BCUT2D eigenvalue weighted by Gasteiger charge is -2.18. The summed E-state index contributed by atoms with van der Waals surface area (Å²) in [6.45, 7) is 2.91. The van der Waals surface area contributed by atoms with E-state index in [1.54, 1.807) is 24.2 Å². The minimum Gasteiger partial charge on any atom is -0.493 e. The third kappa shape index (κ3) is 3.88. The summed E-state index contributed by atoms with van der Waals surface area (Å²) in [4.78, 5) is 14.4. The van der Waals surface area contributed by atoms with Crippen molar-refractivity contribution in [2.24, 2.45) is 0 Å². The van der Waals surface area contributed by atoms with Crippen LogP contribution in [0.25, 0.3) is 5.69 Å². The van der Waals surface area contributed by atoms with Crippen LogP contribution in [0, 0.1) is 0 Å². The van der Waals surface area contributed by atoms with Gasteiger partial charge in [0.25, 0.3) is 5.91 Å². The van der Waals surface area contributed by atoms with Gasteiger partial charge in [-0.05, 0) is 31.2 Å². The normalized spacial score (nSPS) is 10.5. The molecule has 0 atom stereocenters. The summed E-state index contributed by atoms with van der Waals surface area (Å²) in [7, 11) is 1.78. The molecule has 0 N–H and O–H groups in total. The van der Waals surface area contributed by atoms with Crippen molar-refractivity contribution in [1.29, 1.82) is 0 Å². The van der Waals surface area contributed by atoms with Crippen LogP contribution in [-0.4, -0.2) is 34.2 Å². The lowest BCUT2D eigenvalue weighted by Crippen LogP contribution is -2.26. The van der Waals surface area contributed by atoms with E-state index in [9.17, 15) is 4.79 Å². The first kappa shape index (κ1) is 16.8. The first-order chi connectivity index (χ1) is 12.2. The molecule has 5 nitrogen and oxygen atoms in total. The first-order valence-corrected chi connectivity index (χ1v) is 8.25. The standard InChI is InChI=1S/C20H21N3O2/c1-3-25-19-12-8-7-11-18(19)20(24)22(2)14-16-13-21-23(15-16)17-9-5-4-6-10-17/h4-13,15H,3,14H2,1-2H3. The minimum absolute atomic E-state index is 0.0727. The molecular weight excluding hydrogens is 314 g/mol. The Morgan fingerprint density at radius 1 is 1.12 bits per heavy atom. The van der Waals surface area contributed by atoms with Crippen molar-refractivity contribution in [3.05, 3.63) is 78.1 Å². The number of ether oxygens (including phenoxy) is 1. The second-order valence-corrected chi connectivity index (χ2v) is 5.72. The molecular formula is C20H21N3O2. The molecule has 1 heterocycles. The number of para-hydroxylation sites is 2. The van der Waals surface area contributed by atoms with E-state index in [0.717, 1.165) is 11.3 Å². The van der Waals surface area contributed by atoms with E-state index < -0.39 is 0 Å². The zero-order valence-electron chi connectivity index (χ0n) is 14.4. The molecule has 0 unspecified atom stereocenters. The second kappa shape index (κ2) is 7.66. The van der Waals surface area contributed by atoms with Crippen molar-refractivity contribution < 1.29 is 9.53 Å². The minimum atomic E-state index is -0.0727. The first-order valence-electron chi connectivity index (χ1n) is 8.25. The van der Waals surface area contributed by atoms with Crippen LogP contribution in [-0.2, 0) is 6.54 Å². The predicted molar refractivity (Wildman–Crippen MR) is 97.0 cm³/mol. The summed E-state index contributed by atoms with van der Waals surface area (Å²) in [5.41, 5.74) is 2.53. The highest BCUT2D eigenvalue weighted by atomic mass is 16.5. The van der Waals surface area contributed by atoms with Gasteiger partial charge in [0, 0.05) is 25.4 Å². The number of carbonyl (C=O) groups excluding carboxylic acids is 1. The van der Waals surface area contributed by atoms with Gasteiger partial charge in [0.2, 0.25) is 0 Å². The molecule has 0 aliphatic carbocycles. The van der Waals surface area contributed by atoms with Crippen molar-refractivity contribution in [2.75, 3.05) is 13.7 Å². The number of nitrogens with zero attached hydrogens (tertiary/aromatic N) is 3. The van der Waals surface area contributed by atoms with Gasteiger partial charge in [-0.3, -0.25) is 4.79 Å². The van der Waals surface area contributed by atoms with Crippen LogP contribution in [0.4, 0.5) is 0 Å². The van der Waals surface area contributed by atoms with Crippen LogP contribution in [0.2, 0.25) is 0 Å². The van der Waals surface area contributed by atoms with Crippen molar-refractivity contribution in [1.82, 2.24) is 14.7 Å². The highest BCUT2D eigenvalue weighted by Crippen LogP contribution is 2.20. The van der Waals surface area contributed by atoms with Crippen LogP contribution in [0.15, 0.2) is 67.0 Å². The Labute approximate surface area is 147 Å². The fourth-order valence-electron chi connectivity index (χ4n) is 2.64. The lowest BCUT2D eigenvalue weighted by atomic mass is 10.1. The van der Waals surface area contributed by atoms with Crippen LogP contribution in [0.3, 0.4) is 0 Å². The number of aromatic nitrogens is 2. The molecule has 0 radical (unpaired) electrons. The highest BCUT2D eigenvalue weighted by Gasteiger charge is 2.17. The number of hydrogen-bond acceptors (Lipinski definition) is 3. The maximum Gasteiger partial charge on any atom is 0.257 e. The van der Waals surface area contributed by atoms with Gasteiger partial charge in [0.15, 0.2) is 0 Å². The molecule has 1 amide bonds. The number of benzene rings is 2. The number of rotatable bonds is 6. The second-order valence-electron chi connectivity index (χ2n) is 5.72. The van der Waals surface area contributed by atoms with Crippen LogP contribution in [0.1, 0.15) is 22.8 Å². The summed E-state index contributed by atoms with van der Waals surface area (Å²) in [5, 5.41) is 4.37. The number of hydrogen-bond donors (Lipinski definition) is 0. The predicted octanol–water partition coefficient (Wildman–Crippen LogP) is 3.54. The Morgan fingerprint density at radius 2 is 1.84 bits per heavy atom. The van der Waals surface area contributed by atoms with E-state index in [1.807, 2.05) is 66.3 Å². The quantitative estimate of drug-likeness (QED) is 0.692. The molecule has 3 aromatic rings. The molecule has 128 valence electrons. The Kier molecular flexibility index (Phi) is 5.14. The maximum absolute atomic E-state index is 12.7. The highest BCUT2D eigenvalue weighted by molar-refractivity contribution is 5.96. The molecule has 0 spiro atoms. The van der Waals surface area contributed by atoms with E-state index in [-0.39, 0.29) is 5.91 Å². The van der Waals surface area contributed by atoms with E-state index in [4.69, 9.17) is 4.74 Å². The lowest BCUT2D eigenvalue weighted by molar-refractivity contribution is 0.0781. The van der Waals surface area contributed by atoms with Crippen molar-refractivity contribution in [3.63, 3.8) is 0 Å². The number of amides is 1. The monoisotopic (exact) mass is 335 g/mol. The molecule has 0 saturated carbocycles. The molecule has 2 aromatic carbocycles.